The topological polar surface area (TPSA) is 78.5 Å². The molecular weight excluding hydrogens is 366 g/mol. The minimum Gasteiger partial charge on any atom is -0.373 e. The van der Waals surface area contributed by atoms with Crippen molar-refractivity contribution in [3.8, 4) is 0 Å². The maximum absolute atomic E-state index is 12.6. The van der Waals surface area contributed by atoms with Crippen LogP contribution in [0.3, 0.4) is 0 Å². The van der Waals surface area contributed by atoms with Crippen LogP contribution in [0, 0.1) is 0 Å². The molecule has 1 aromatic rings. The molecule has 144 valence electrons. The Morgan fingerprint density at radius 3 is 2.63 bits per heavy atom. The molecule has 27 heavy (non-hydrogen) atoms. The molecule has 1 unspecified atom stereocenters. The Morgan fingerprint density at radius 2 is 2.04 bits per heavy atom. The van der Waals surface area contributed by atoms with E-state index < -0.39 is 6.04 Å². The van der Waals surface area contributed by atoms with Crippen molar-refractivity contribution in [2.75, 3.05) is 16.8 Å². The molecule has 2 N–H and O–H groups in total. The monoisotopic (exact) mass is 389 g/mol. The Bertz CT molecular complexity index is 826. The molecule has 1 saturated heterocycles. The molecule has 0 aliphatic carbocycles. The molecule has 1 atom stereocenters. The van der Waals surface area contributed by atoms with Gasteiger partial charge in [-0.25, -0.2) is 4.90 Å². The summed E-state index contributed by atoms with van der Waals surface area (Å²) in [4.78, 5) is 38.1. The molecule has 3 amide bonds. The van der Waals surface area contributed by atoms with Crippen molar-refractivity contribution < 1.29 is 14.4 Å². The van der Waals surface area contributed by atoms with E-state index in [0.29, 0.717) is 28.5 Å². The summed E-state index contributed by atoms with van der Waals surface area (Å²) in [7, 11) is 0. The minimum absolute atomic E-state index is 0.0936. The first-order valence-corrected chi connectivity index (χ1v) is 9.12. The van der Waals surface area contributed by atoms with Crippen molar-refractivity contribution in [1.82, 2.24) is 5.32 Å². The predicted octanol–water partition coefficient (Wildman–Crippen LogP) is 3.43. The normalized spacial score (nSPS) is 15.4. The van der Waals surface area contributed by atoms with Crippen LogP contribution >= 0.6 is 11.6 Å². The number of nitrogens with one attached hydrogen (secondary N) is 2. The van der Waals surface area contributed by atoms with E-state index in [1.54, 1.807) is 25.1 Å². The van der Waals surface area contributed by atoms with Crippen molar-refractivity contribution >= 4 is 40.7 Å². The maximum atomic E-state index is 12.6. The van der Waals surface area contributed by atoms with E-state index >= 15 is 0 Å². The molecule has 1 fully saturated rings. The highest BCUT2D eigenvalue weighted by Crippen LogP contribution is 2.33. The number of rotatable bonds is 6. The van der Waals surface area contributed by atoms with Gasteiger partial charge < -0.3 is 10.6 Å². The molecular formula is C20H24ClN3O3. The number of imide groups is 1. The van der Waals surface area contributed by atoms with Crippen LogP contribution < -0.4 is 15.5 Å². The number of carbonyl (C=O) groups is 3. The van der Waals surface area contributed by atoms with Gasteiger partial charge >= 0.3 is 0 Å². The number of amides is 3. The van der Waals surface area contributed by atoms with Crippen LogP contribution in [-0.4, -0.2) is 30.3 Å². The number of allylic oxidation sites excluding steroid dienone is 2. The van der Waals surface area contributed by atoms with Gasteiger partial charge in [0.05, 0.1) is 22.8 Å². The van der Waals surface area contributed by atoms with E-state index in [1.165, 1.54) is 0 Å². The zero-order valence-corrected chi connectivity index (χ0v) is 16.7. The fourth-order valence-corrected chi connectivity index (χ4v) is 2.87. The summed E-state index contributed by atoms with van der Waals surface area (Å²) in [5.41, 5.74) is 2.25. The lowest BCUT2D eigenvalue weighted by Crippen LogP contribution is -2.37. The summed E-state index contributed by atoms with van der Waals surface area (Å²) in [6, 6.07) is 4.29. The lowest BCUT2D eigenvalue weighted by Gasteiger charge is -2.19. The van der Waals surface area contributed by atoms with Crippen LogP contribution in [-0.2, 0) is 14.4 Å². The first-order valence-electron chi connectivity index (χ1n) is 8.74. The highest BCUT2D eigenvalue weighted by molar-refractivity contribution is 6.34. The fraction of sp³-hybridized carbons (Fsp3) is 0.350. The van der Waals surface area contributed by atoms with Gasteiger partial charge in [-0.1, -0.05) is 29.3 Å². The predicted molar refractivity (Wildman–Crippen MR) is 108 cm³/mol. The van der Waals surface area contributed by atoms with E-state index in [9.17, 15) is 14.4 Å². The third-order valence-corrected chi connectivity index (χ3v) is 4.58. The first kappa shape index (κ1) is 20.7. The van der Waals surface area contributed by atoms with Crippen molar-refractivity contribution in [1.29, 1.82) is 0 Å². The van der Waals surface area contributed by atoms with E-state index in [-0.39, 0.29) is 24.1 Å². The van der Waals surface area contributed by atoms with Crippen molar-refractivity contribution in [3.63, 3.8) is 0 Å². The first-order chi connectivity index (χ1) is 12.8. The molecule has 1 heterocycles. The number of hydrogen-bond donors (Lipinski definition) is 2. The number of carbonyl (C=O) groups excluding carboxylic acids is 3. The minimum atomic E-state index is -0.540. The van der Waals surface area contributed by atoms with Gasteiger partial charge in [-0.15, -0.1) is 0 Å². The van der Waals surface area contributed by atoms with E-state index in [4.69, 9.17) is 11.6 Å². The van der Waals surface area contributed by atoms with E-state index in [1.807, 2.05) is 32.9 Å². The SMILES string of the molecule is CC=CCNC(=O)C(C)Nc1cc(N2C(=O)CC(=C(C)C)C2=O)ccc1Cl. The summed E-state index contributed by atoms with van der Waals surface area (Å²) in [6.07, 6.45) is 3.78. The van der Waals surface area contributed by atoms with Crippen LogP contribution in [0.25, 0.3) is 0 Å². The molecule has 6 nitrogen and oxygen atoms in total. The molecule has 1 aliphatic rings. The second-order valence-electron chi connectivity index (χ2n) is 6.53. The van der Waals surface area contributed by atoms with E-state index in [0.717, 1.165) is 10.5 Å². The second kappa shape index (κ2) is 8.86. The van der Waals surface area contributed by atoms with Crippen LogP contribution in [0.1, 0.15) is 34.1 Å². The summed E-state index contributed by atoms with van der Waals surface area (Å²) >= 11 is 6.23. The quantitative estimate of drug-likeness (QED) is 0.444. The summed E-state index contributed by atoms with van der Waals surface area (Å²) < 4.78 is 0. The van der Waals surface area contributed by atoms with Gasteiger partial charge in [-0.2, -0.15) is 0 Å². The Balaban J connectivity index is 2.21. The van der Waals surface area contributed by atoms with Crippen molar-refractivity contribution in [3.05, 3.63) is 46.5 Å². The average Bonchev–Trinajstić information content (AvgIpc) is 2.91. The number of nitrogens with zero attached hydrogens (tertiary/aromatic N) is 1. The van der Waals surface area contributed by atoms with Crippen LogP contribution in [0.15, 0.2) is 41.5 Å². The van der Waals surface area contributed by atoms with Gasteiger partial charge in [0.1, 0.15) is 6.04 Å². The van der Waals surface area contributed by atoms with Gasteiger partial charge in [0.2, 0.25) is 11.8 Å². The molecule has 7 heteroatoms. The number of hydrogen-bond acceptors (Lipinski definition) is 4. The Hall–Kier alpha value is -2.60. The summed E-state index contributed by atoms with van der Waals surface area (Å²) in [5, 5.41) is 6.20. The molecule has 2 rings (SSSR count). The van der Waals surface area contributed by atoms with Gasteiger partial charge in [-0.3, -0.25) is 14.4 Å². The third-order valence-electron chi connectivity index (χ3n) is 4.25. The molecule has 0 radical (unpaired) electrons. The lowest BCUT2D eigenvalue weighted by atomic mass is 10.1. The molecule has 1 aromatic carbocycles. The van der Waals surface area contributed by atoms with Gasteiger partial charge in [0.15, 0.2) is 0 Å². The fourth-order valence-electron chi connectivity index (χ4n) is 2.70. The Kier molecular flexibility index (Phi) is 6.80. The summed E-state index contributed by atoms with van der Waals surface area (Å²) in [5.74, 6) is -0.776. The number of anilines is 2. The zero-order chi connectivity index (χ0) is 20.1. The summed E-state index contributed by atoms with van der Waals surface area (Å²) in [6.45, 7) is 7.65. The van der Waals surface area contributed by atoms with Gasteiger partial charge in [0, 0.05) is 12.1 Å². The largest absolute Gasteiger partial charge is 0.373 e. The molecule has 0 bridgehead atoms. The van der Waals surface area contributed by atoms with Crippen LogP contribution in [0.5, 0.6) is 0 Å². The molecule has 0 spiro atoms. The smallest absolute Gasteiger partial charge is 0.261 e. The Morgan fingerprint density at radius 1 is 1.33 bits per heavy atom. The maximum Gasteiger partial charge on any atom is 0.261 e. The number of benzene rings is 1. The highest BCUT2D eigenvalue weighted by atomic mass is 35.5. The molecule has 0 aromatic heterocycles. The standard InChI is InChI=1S/C20H24ClN3O3/c1-5-6-9-22-19(26)13(4)23-17-10-14(7-8-16(17)21)24-18(25)11-15(12(2)3)20(24)27/h5-8,10,13,23H,9,11H2,1-4H3,(H,22,26). The van der Waals surface area contributed by atoms with Crippen molar-refractivity contribution in [2.24, 2.45) is 0 Å². The number of halogens is 1. The molecule has 1 aliphatic heterocycles. The second-order valence-corrected chi connectivity index (χ2v) is 6.94. The average molecular weight is 390 g/mol. The highest BCUT2D eigenvalue weighted by Gasteiger charge is 2.35. The van der Waals surface area contributed by atoms with Crippen LogP contribution in [0.2, 0.25) is 5.02 Å². The lowest BCUT2D eigenvalue weighted by molar-refractivity contribution is -0.122. The van der Waals surface area contributed by atoms with Crippen molar-refractivity contribution in [2.45, 2.75) is 40.2 Å². The van der Waals surface area contributed by atoms with Crippen LogP contribution in [0.4, 0.5) is 11.4 Å². The Labute approximate surface area is 164 Å². The molecule has 0 saturated carbocycles. The van der Waals surface area contributed by atoms with Gasteiger partial charge in [-0.05, 0) is 45.9 Å². The zero-order valence-electron chi connectivity index (χ0n) is 15.9. The van der Waals surface area contributed by atoms with Gasteiger partial charge in [0.25, 0.3) is 5.91 Å². The third kappa shape index (κ3) is 4.77. The van der Waals surface area contributed by atoms with E-state index in [2.05, 4.69) is 10.6 Å².